The first-order chi connectivity index (χ1) is 5.49. The topological polar surface area (TPSA) is 72.2 Å². The first kappa shape index (κ1) is 10.8. The summed E-state index contributed by atoms with van der Waals surface area (Å²) >= 11 is 0. The van der Waals surface area contributed by atoms with Gasteiger partial charge in [0, 0.05) is 0 Å². The van der Waals surface area contributed by atoms with Crippen LogP contribution in [0.4, 0.5) is 0 Å². The summed E-state index contributed by atoms with van der Waals surface area (Å²) in [5.74, 6) is -0.964. The molecule has 0 heterocycles. The third kappa shape index (κ3) is 3.30. The number of nitrogens with one attached hydrogen (secondary N) is 1. The van der Waals surface area contributed by atoms with E-state index in [9.17, 15) is 9.59 Å². The molecule has 0 rings (SSSR count). The van der Waals surface area contributed by atoms with E-state index < -0.39 is 17.9 Å². The quantitative estimate of drug-likeness (QED) is 0.576. The van der Waals surface area contributed by atoms with E-state index in [1.54, 1.807) is 0 Å². The van der Waals surface area contributed by atoms with E-state index in [1.165, 1.54) is 0 Å². The Hall–Kier alpha value is -1.16. The minimum atomic E-state index is -0.645. The zero-order valence-electron chi connectivity index (χ0n) is 7.33. The molecule has 0 aromatic heterocycles. The third-order valence-corrected chi connectivity index (χ3v) is 1.45. The second-order valence-electron chi connectivity index (χ2n) is 2.83. The summed E-state index contributed by atoms with van der Waals surface area (Å²) < 4.78 is 0. The van der Waals surface area contributed by atoms with Crippen molar-refractivity contribution in [3.05, 3.63) is 12.7 Å². The van der Waals surface area contributed by atoms with E-state index in [0.29, 0.717) is 0 Å². The molecule has 0 saturated heterocycles. The van der Waals surface area contributed by atoms with Gasteiger partial charge in [-0.25, -0.2) is 0 Å². The van der Waals surface area contributed by atoms with Crippen LogP contribution in [0.2, 0.25) is 0 Å². The molecule has 12 heavy (non-hydrogen) atoms. The highest BCUT2D eigenvalue weighted by atomic mass is 16.2. The van der Waals surface area contributed by atoms with Crippen LogP contribution in [0.5, 0.6) is 0 Å². The lowest BCUT2D eigenvalue weighted by Crippen LogP contribution is -2.45. The van der Waals surface area contributed by atoms with Gasteiger partial charge in [0.05, 0.1) is 6.04 Å². The molecule has 4 nitrogen and oxygen atoms in total. The number of nitrogens with two attached hydrogens (primary N) is 1. The van der Waals surface area contributed by atoms with Crippen molar-refractivity contribution in [2.45, 2.75) is 19.9 Å². The fourth-order valence-electron chi connectivity index (χ4n) is 0.559. The van der Waals surface area contributed by atoms with Crippen molar-refractivity contribution in [1.29, 1.82) is 0 Å². The lowest BCUT2D eigenvalue weighted by molar-refractivity contribution is -0.129. The number of hydrogen-bond acceptors (Lipinski definition) is 3. The molecule has 0 aliphatic carbocycles. The van der Waals surface area contributed by atoms with E-state index in [4.69, 9.17) is 5.73 Å². The standard InChI is InChI=1S/C8H14N2O2/c1-4-6(11)10-8(12)7(9)5(2)3/h4-5,7H,1,9H2,2-3H3,(H,10,11,12)/t7-/m1/s1. The van der Waals surface area contributed by atoms with E-state index in [2.05, 4.69) is 11.9 Å². The van der Waals surface area contributed by atoms with Crippen LogP contribution >= 0.6 is 0 Å². The molecular formula is C8H14N2O2. The van der Waals surface area contributed by atoms with Gasteiger partial charge < -0.3 is 5.73 Å². The second kappa shape index (κ2) is 4.66. The third-order valence-electron chi connectivity index (χ3n) is 1.45. The van der Waals surface area contributed by atoms with Crippen LogP contribution in [0.3, 0.4) is 0 Å². The molecular weight excluding hydrogens is 156 g/mol. The molecule has 0 unspecified atom stereocenters. The zero-order valence-corrected chi connectivity index (χ0v) is 7.33. The van der Waals surface area contributed by atoms with Gasteiger partial charge >= 0.3 is 0 Å². The second-order valence-corrected chi connectivity index (χ2v) is 2.83. The molecule has 4 heteroatoms. The Morgan fingerprint density at radius 2 is 2.00 bits per heavy atom. The van der Waals surface area contributed by atoms with Crippen LogP contribution in [0.1, 0.15) is 13.8 Å². The highest BCUT2D eigenvalue weighted by molar-refractivity contribution is 6.02. The maximum atomic E-state index is 11.0. The SMILES string of the molecule is C=CC(=O)NC(=O)[C@H](N)C(C)C. The minimum Gasteiger partial charge on any atom is -0.320 e. The predicted octanol–water partition coefficient (Wildman–Crippen LogP) is -0.202. The number of carbonyl (C=O) groups is 2. The number of amides is 2. The van der Waals surface area contributed by atoms with Crippen molar-refractivity contribution in [3.8, 4) is 0 Å². The first-order valence-corrected chi connectivity index (χ1v) is 3.72. The number of hydrogen-bond donors (Lipinski definition) is 2. The normalized spacial score (nSPS) is 12.3. The highest BCUT2D eigenvalue weighted by Crippen LogP contribution is 1.97. The highest BCUT2D eigenvalue weighted by Gasteiger charge is 2.17. The van der Waals surface area contributed by atoms with Gasteiger partial charge in [0.2, 0.25) is 11.8 Å². The van der Waals surface area contributed by atoms with Crippen LogP contribution in [0.15, 0.2) is 12.7 Å². The van der Waals surface area contributed by atoms with Crippen molar-refractivity contribution >= 4 is 11.8 Å². The van der Waals surface area contributed by atoms with Gasteiger partial charge in [-0.1, -0.05) is 20.4 Å². The van der Waals surface area contributed by atoms with Gasteiger partial charge in [-0.15, -0.1) is 0 Å². The number of rotatable bonds is 3. The Balaban J connectivity index is 4.04. The van der Waals surface area contributed by atoms with Gasteiger partial charge in [0.25, 0.3) is 0 Å². The summed E-state index contributed by atoms with van der Waals surface area (Å²) in [5.41, 5.74) is 5.46. The number of carbonyl (C=O) groups excluding carboxylic acids is 2. The summed E-state index contributed by atoms with van der Waals surface area (Å²) in [6, 6.07) is -0.645. The smallest absolute Gasteiger partial charge is 0.249 e. The number of imide groups is 1. The van der Waals surface area contributed by atoms with Gasteiger partial charge in [0.1, 0.15) is 0 Å². The summed E-state index contributed by atoms with van der Waals surface area (Å²) in [5, 5.41) is 2.09. The van der Waals surface area contributed by atoms with E-state index in [-0.39, 0.29) is 5.92 Å². The molecule has 1 atom stereocenters. The molecule has 0 aromatic rings. The zero-order chi connectivity index (χ0) is 9.72. The minimum absolute atomic E-state index is 0.0163. The van der Waals surface area contributed by atoms with Crippen LogP contribution < -0.4 is 11.1 Å². The summed E-state index contributed by atoms with van der Waals surface area (Å²) in [7, 11) is 0. The average molecular weight is 170 g/mol. The molecule has 0 aromatic carbocycles. The van der Waals surface area contributed by atoms with Crippen LogP contribution in [0.25, 0.3) is 0 Å². The molecule has 3 N–H and O–H groups in total. The lowest BCUT2D eigenvalue weighted by Gasteiger charge is -2.13. The molecule has 0 fully saturated rings. The van der Waals surface area contributed by atoms with Crippen molar-refractivity contribution in [2.75, 3.05) is 0 Å². The summed E-state index contributed by atoms with van der Waals surface area (Å²) in [6.45, 7) is 6.83. The Kier molecular flexibility index (Phi) is 4.21. The van der Waals surface area contributed by atoms with Crippen molar-refractivity contribution in [1.82, 2.24) is 5.32 Å². The largest absolute Gasteiger partial charge is 0.320 e. The maximum Gasteiger partial charge on any atom is 0.249 e. The molecule has 0 spiro atoms. The molecule has 0 saturated carbocycles. The molecule has 0 aliphatic rings. The molecule has 68 valence electrons. The average Bonchev–Trinajstić information content (AvgIpc) is 2.02. The van der Waals surface area contributed by atoms with Crippen LogP contribution in [0, 0.1) is 5.92 Å². The monoisotopic (exact) mass is 170 g/mol. The van der Waals surface area contributed by atoms with Gasteiger partial charge in [-0.3, -0.25) is 14.9 Å². The van der Waals surface area contributed by atoms with Crippen molar-refractivity contribution < 1.29 is 9.59 Å². The Labute approximate surface area is 71.8 Å². The molecule has 0 bridgehead atoms. The van der Waals surface area contributed by atoms with E-state index in [1.807, 2.05) is 13.8 Å². The molecule has 2 amide bonds. The van der Waals surface area contributed by atoms with E-state index >= 15 is 0 Å². The Bertz CT molecular complexity index is 199. The molecule has 0 radical (unpaired) electrons. The van der Waals surface area contributed by atoms with Gasteiger partial charge in [-0.05, 0) is 12.0 Å². The predicted molar refractivity (Wildman–Crippen MR) is 46.2 cm³/mol. The Morgan fingerprint density at radius 3 is 2.33 bits per heavy atom. The lowest BCUT2D eigenvalue weighted by atomic mass is 10.1. The van der Waals surface area contributed by atoms with Crippen molar-refractivity contribution in [2.24, 2.45) is 11.7 Å². The van der Waals surface area contributed by atoms with Crippen LogP contribution in [-0.2, 0) is 9.59 Å². The fourth-order valence-corrected chi connectivity index (χ4v) is 0.559. The van der Waals surface area contributed by atoms with Crippen molar-refractivity contribution in [3.63, 3.8) is 0 Å². The Morgan fingerprint density at radius 1 is 1.50 bits per heavy atom. The maximum absolute atomic E-state index is 11.0. The molecule has 0 aliphatic heterocycles. The summed E-state index contributed by atoms with van der Waals surface area (Å²) in [4.78, 5) is 21.7. The van der Waals surface area contributed by atoms with Gasteiger partial charge in [-0.2, -0.15) is 0 Å². The van der Waals surface area contributed by atoms with Gasteiger partial charge in [0.15, 0.2) is 0 Å². The van der Waals surface area contributed by atoms with E-state index in [0.717, 1.165) is 6.08 Å². The fraction of sp³-hybridized carbons (Fsp3) is 0.500. The van der Waals surface area contributed by atoms with Crippen LogP contribution in [-0.4, -0.2) is 17.9 Å². The summed E-state index contributed by atoms with van der Waals surface area (Å²) in [6.07, 6.45) is 1.03. The first-order valence-electron chi connectivity index (χ1n) is 3.72.